The maximum atomic E-state index is 3.30. The molecule has 0 saturated heterocycles. The van der Waals surface area contributed by atoms with Gasteiger partial charge in [-0.2, -0.15) is 0 Å². The van der Waals surface area contributed by atoms with Gasteiger partial charge in [0.15, 0.2) is 0 Å². The molecule has 1 unspecified atom stereocenters. The average Bonchev–Trinajstić information content (AvgIpc) is 3.23. The highest BCUT2D eigenvalue weighted by Gasteiger charge is 2.15. The quantitative estimate of drug-likeness (QED) is 0.524. The summed E-state index contributed by atoms with van der Waals surface area (Å²) < 4.78 is 1.36. The number of benzene rings is 2. The van der Waals surface area contributed by atoms with E-state index in [1.807, 2.05) is 24.6 Å². The molecule has 0 bridgehead atoms. The van der Waals surface area contributed by atoms with Crippen molar-refractivity contribution in [2.75, 3.05) is 13.6 Å². The van der Waals surface area contributed by atoms with Crippen LogP contribution in [0.5, 0.6) is 0 Å². The molecule has 23 heavy (non-hydrogen) atoms. The summed E-state index contributed by atoms with van der Waals surface area (Å²) in [6.07, 6.45) is 3.11. The van der Waals surface area contributed by atoms with E-state index < -0.39 is 0 Å². The number of aromatic amines is 1. The highest BCUT2D eigenvalue weighted by molar-refractivity contribution is 7.17. The van der Waals surface area contributed by atoms with E-state index in [9.17, 15) is 0 Å². The van der Waals surface area contributed by atoms with Crippen LogP contribution in [-0.2, 0) is 0 Å². The molecule has 0 spiro atoms. The van der Waals surface area contributed by atoms with E-state index in [1.165, 1.54) is 32.1 Å². The predicted octanol–water partition coefficient (Wildman–Crippen LogP) is 5.12. The predicted molar refractivity (Wildman–Crippen MR) is 101 cm³/mol. The summed E-state index contributed by atoms with van der Waals surface area (Å²) in [4.78, 5) is 3.28. The molecule has 0 aliphatic heterocycles. The summed E-state index contributed by atoms with van der Waals surface area (Å²) in [5.41, 5.74) is 4.00. The lowest BCUT2D eigenvalue weighted by atomic mass is 9.87. The van der Waals surface area contributed by atoms with Crippen LogP contribution in [0.3, 0.4) is 0 Å². The van der Waals surface area contributed by atoms with E-state index in [0.717, 1.165) is 13.0 Å². The summed E-state index contributed by atoms with van der Waals surface area (Å²) in [7, 11) is 2.02. The molecule has 1 atom stereocenters. The van der Waals surface area contributed by atoms with E-state index >= 15 is 0 Å². The summed E-state index contributed by atoms with van der Waals surface area (Å²) >= 11 is 1.81. The van der Waals surface area contributed by atoms with Crippen molar-refractivity contribution in [3.63, 3.8) is 0 Å². The maximum absolute atomic E-state index is 3.30. The lowest BCUT2D eigenvalue weighted by Crippen LogP contribution is -2.13. The van der Waals surface area contributed by atoms with Crippen LogP contribution in [0.25, 0.3) is 21.0 Å². The van der Waals surface area contributed by atoms with Crippen LogP contribution >= 0.6 is 11.3 Å². The van der Waals surface area contributed by atoms with E-state index in [0.29, 0.717) is 5.92 Å². The number of rotatable bonds is 5. The minimum Gasteiger partial charge on any atom is -0.361 e. The van der Waals surface area contributed by atoms with Crippen molar-refractivity contribution in [3.05, 3.63) is 71.2 Å². The molecule has 0 saturated carbocycles. The Hall–Kier alpha value is -2.10. The highest BCUT2D eigenvalue weighted by Crippen LogP contribution is 2.33. The molecule has 0 aliphatic carbocycles. The van der Waals surface area contributed by atoms with Gasteiger partial charge in [-0.15, -0.1) is 11.3 Å². The van der Waals surface area contributed by atoms with E-state index in [2.05, 4.69) is 64.2 Å². The van der Waals surface area contributed by atoms with Gasteiger partial charge in [-0.3, -0.25) is 0 Å². The van der Waals surface area contributed by atoms with Crippen LogP contribution in [0.2, 0.25) is 0 Å². The second kappa shape index (κ2) is 6.19. The normalized spacial score (nSPS) is 12.9. The lowest BCUT2D eigenvalue weighted by Gasteiger charge is -2.18. The number of aromatic nitrogens is 1. The number of hydrogen-bond acceptors (Lipinski definition) is 2. The molecule has 2 aromatic heterocycles. The Morgan fingerprint density at radius 2 is 1.83 bits per heavy atom. The summed E-state index contributed by atoms with van der Waals surface area (Å²) in [6, 6.07) is 18.1. The van der Waals surface area contributed by atoms with E-state index in [4.69, 9.17) is 0 Å². The zero-order valence-corrected chi connectivity index (χ0v) is 14.0. The fourth-order valence-corrected chi connectivity index (χ4v) is 4.08. The molecule has 4 rings (SSSR count). The molecule has 2 aromatic carbocycles. The summed E-state index contributed by atoms with van der Waals surface area (Å²) in [5.74, 6) is 0.422. The van der Waals surface area contributed by atoms with E-state index in [1.54, 1.807) is 0 Å². The molecule has 3 heteroatoms. The number of thiophene rings is 1. The topological polar surface area (TPSA) is 27.8 Å². The summed E-state index contributed by atoms with van der Waals surface area (Å²) in [5, 5.41) is 8.10. The molecule has 0 aliphatic rings. The first-order valence-corrected chi connectivity index (χ1v) is 8.92. The molecular formula is C20H20N2S. The molecule has 116 valence electrons. The summed E-state index contributed by atoms with van der Waals surface area (Å²) in [6.45, 7) is 1.01. The van der Waals surface area contributed by atoms with E-state index in [-0.39, 0.29) is 0 Å². The van der Waals surface area contributed by atoms with Crippen LogP contribution in [0, 0.1) is 0 Å². The van der Waals surface area contributed by atoms with Crippen molar-refractivity contribution in [1.82, 2.24) is 10.3 Å². The third kappa shape index (κ3) is 2.78. The monoisotopic (exact) mass is 320 g/mol. The molecular weight excluding hydrogens is 300 g/mol. The molecule has 2 nitrogen and oxygen atoms in total. The second-order valence-electron chi connectivity index (χ2n) is 5.99. The third-order valence-electron chi connectivity index (χ3n) is 4.54. The number of fused-ring (bicyclic) bond motifs is 2. The van der Waals surface area contributed by atoms with Crippen LogP contribution in [0.1, 0.15) is 23.5 Å². The van der Waals surface area contributed by atoms with Crippen molar-refractivity contribution in [2.24, 2.45) is 0 Å². The van der Waals surface area contributed by atoms with Crippen molar-refractivity contribution >= 4 is 32.3 Å². The molecule has 0 fully saturated rings. The molecule has 4 aromatic rings. The van der Waals surface area contributed by atoms with Crippen molar-refractivity contribution in [3.8, 4) is 0 Å². The fourth-order valence-electron chi connectivity index (χ4n) is 3.30. The van der Waals surface area contributed by atoms with Gasteiger partial charge in [-0.1, -0.05) is 12.1 Å². The molecule has 2 heterocycles. The van der Waals surface area contributed by atoms with Gasteiger partial charge in [0.2, 0.25) is 0 Å². The standard InChI is InChI=1S/C20H20N2S/c1-21-9-7-18(14-2-4-19-16(12-14)6-10-22-19)15-3-5-20-17(13-15)8-11-23-20/h2-6,8,10-13,18,21-22H,7,9H2,1H3. The van der Waals surface area contributed by atoms with Crippen LogP contribution < -0.4 is 5.32 Å². The minimum atomic E-state index is 0.422. The second-order valence-corrected chi connectivity index (χ2v) is 6.93. The van der Waals surface area contributed by atoms with Gasteiger partial charge in [0.05, 0.1) is 0 Å². The van der Waals surface area contributed by atoms with Crippen molar-refractivity contribution < 1.29 is 0 Å². The number of nitrogens with one attached hydrogen (secondary N) is 2. The van der Waals surface area contributed by atoms with Gasteiger partial charge < -0.3 is 10.3 Å². The van der Waals surface area contributed by atoms with Gasteiger partial charge >= 0.3 is 0 Å². The molecule has 2 N–H and O–H groups in total. The van der Waals surface area contributed by atoms with Gasteiger partial charge in [-0.25, -0.2) is 0 Å². The van der Waals surface area contributed by atoms with Crippen molar-refractivity contribution in [1.29, 1.82) is 0 Å². The van der Waals surface area contributed by atoms with Crippen LogP contribution in [0.4, 0.5) is 0 Å². The smallest absolute Gasteiger partial charge is 0.0454 e. The Labute approximate surface area is 140 Å². The third-order valence-corrected chi connectivity index (χ3v) is 5.44. The van der Waals surface area contributed by atoms with Gasteiger partial charge in [0, 0.05) is 22.3 Å². The fraction of sp³-hybridized carbons (Fsp3) is 0.200. The molecule has 0 amide bonds. The Morgan fingerprint density at radius 3 is 2.70 bits per heavy atom. The van der Waals surface area contributed by atoms with Crippen molar-refractivity contribution in [2.45, 2.75) is 12.3 Å². The first-order chi connectivity index (χ1) is 11.3. The zero-order chi connectivity index (χ0) is 15.6. The lowest BCUT2D eigenvalue weighted by molar-refractivity contribution is 0.662. The SMILES string of the molecule is CNCCC(c1ccc2[nH]ccc2c1)c1ccc2sccc2c1. The largest absolute Gasteiger partial charge is 0.361 e. The molecule has 0 radical (unpaired) electrons. The van der Waals surface area contributed by atoms with Crippen LogP contribution in [0.15, 0.2) is 60.1 Å². The Morgan fingerprint density at radius 1 is 1.00 bits per heavy atom. The number of H-pyrrole nitrogens is 1. The van der Waals surface area contributed by atoms with Gasteiger partial charge in [-0.05, 0) is 83.7 Å². The Kier molecular flexibility index (Phi) is 3.90. The number of hydrogen-bond donors (Lipinski definition) is 2. The highest BCUT2D eigenvalue weighted by atomic mass is 32.1. The maximum Gasteiger partial charge on any atom is 0.0454 e. The Bertz CT molecular complexity index is 861. The first kappa shape index (κ1) is 14.5. The van der Waals surface area contributed by atoms with Gasteiger partial charge in [0.25, 0.3) is 0 Å². The average molecular weight is 320 g/mol. The van der Waals surface area contributed by atoms with Gasteiger partial charge in [0.1, 0.15) is 0 Å². The Balaban J connectivity index is 1.78. The van der Waals surface area contributed by atoms with Crippen LogP contribution in [-0.4, -0.2) is 18.6 Å². The minimum absolute atomic E-state index is 0.422. The first-order valence-electron chi connectivity index (χ1n) is 8.04. The zero-order valence-electron chi connectivity index (χ0n) is 13.2.